The first-order valence-electron chi connectivity index (χ1n) is 6.74. The van der Waals surface area contributed by atoms with E-state index >= 15 is 0 Å². The van der Waals surface area contributed by atoms with Crippen molar-refractivity contribution in [2.45, 2.75) is 26.4 Å². The van der Waals surface area contributed by atoms with Gasteiger partial charge in [0.15, 0.2) is 5.78 Å². The highest BCUT2D eigenvalue weighted by Gasteiger charge is 2.14. The van der Waals surface area contributed by atoms with Gasteiger partial charge in [0.05, 0.1) is 0 Å². The molecule has 2 aromatic rings. The first kappa shape index (κ1) is 12.1. The zero-order valence-electron chi connectivity index (χ0n) is 11.1. The topological polar surface area (TPSA) is 29.1 Å². The standard InChI is InChI=1S/C17H17NO/c1-2-12-4-3-5-13(8-12)17(19)14-6-7-15-10-18-11-16(15)9-14/h3-9,18H,2,10-11H2,1H3. The fourth-order valence-electron chi connectivity index (χ4n) is 2.54. The van der Waals surface area contributed by atoms with Gasteiger partial charge in [0.1, 0.15) is 0 Å². The number of ketones is 1. The Hall–Kier alpha value is -1.93. The summed E-state index contributed by atoms with van der Waals surface area (Å²) in [6.45, 7) is 3.88. The predicted molar refractivity (Wildman–Crippen MR) is 76.2 cm³/mol. The predicted octanol–water partition coefficient (Wildman–Crippen LogP) is 3.08. The lowest BCUT2D eigenvalue weighted by Crippen LogP contribution is -2.03. The summed E-state index contributed by atoms with van der Waals surface area (Å²) < 4.78 is 0. The summed E-state index contributed by atoms with van der Waals surface area (Å²) in [4.78, 5) is 12.5. The summed E-state index contributed by atoms with van der Waals surface area (Å²) in [6, 6.07) is 13.9. The SMILES string of the molecule is CCc1cccc(C(=O)c2ccc3c(c2)CNC3)c1. The number of rotatable bonds is 3. The number of hydrogen-bond acceptors (Lipinski definition) is 2. The Balaban J connectivity index is 1.95. The second kappa shape index (κ2) is 4.98. The Morgan fingerprint density at radius 3 is 2.68 bits per heavy atom. The molecular weight excluding hydrogens is 234 g/mol. The van der Waals surface area contributed by atoms with Gasteiger partial charge in [-0.1, -0.05) is 37.3 Å². The van der Waals surface area contributed by atoms with Gasteiger partial charge in [-0.2, -0.15) is 0 Å². The number of nitrogens with one attached hydrogen (secondary N) is 1. The molecule has 0 atom stereocenters. The minimum atomic E-state index is 0.116. The Kier molecular flexibility index (Phi) is 3.18. The highest BCUT2D eigenvalue weighted by Crippen LogP contribution is 2.19. The molecule has 96 valence electrons. The van der Waals surface area contributed by atoms with Gasteiger partial charge in [-0.15, -0.1) is 0 Å². The molecule has 1 N–H and O–H groups in total. The average Bonchev–Trinajstić information content (AvgIpc) is 2.94. The fraction of sp³-hybridized carbons (Fsp3) is 0.235. The van der Waals surface area contributed by atoms with Crippen LogP contribution < -0.4 is 5.32 Å². The minimum absolute atomic E-state index is 0.116. The molecule has 2 heteroatoms. The summed E-state index contributed by atoms with van der Waals surface area (Å²) >= 11 is 0. The second-order valence-electron chi connectivity index (χ2n) is 4.97. The van der Waals surface area contributed by atoms with Crippen LogP contribution in [0.4, 0.5) is 0 Å². The van der Waals surface area contributed by atoms with Gasteiger partial charge in [0.25, 0.3) is 0 Å². The zero-order valence-corrected chi connectivity index (χ0v) is 11.1. The van der Waals surface area contributed by atoms with Crippen LogP contribution in [0.3, 0.4) is 0 Å². The summed E-state index contributed by atoms with van der Waals surface area (Å²) in [6.07, 6.45) is 0.954. The Morgan fingerprint density at radius 2 is 1.84 bits per heavy atom. The lowest BCUT2D eigenvalue weighted by Gasteiger charge is -2.05. The molecule has 0 bridgehead atoms. The van der Waals surface area contributed by atoms with E-state index in [1.54, 1.807) is 0 Å². The van der Waals surface area contributed by atoms with Crippen molar-refractivity contribution in [3.8, 4) is 0 Å². The molecular formula is C17H17NO. The monoisotopic (exact) mass is 251 g/mol. The molecule has 0 aliphatic carbocycles. The Labute approximate surface area is 113 Å². The van der Waals surface area contributed by atoms with Crippen LogP contribution in [0.15, 0.2) is 42.5 Å². The van der Waals surface area contributed by atoms with Crippen LogP contribution in [0.25, 0.3) is 0 Å². The summed E-state index contributed by atoms with van der Waals surface area (Å²) in [7, 11) is 0. The van der Waals surface area contributed by atoms with Crippen molar-refractivity contribution in [3.05, 3.63) is 70.3 Å². The third kappa shape index (κ3) is 2.32. The number of fused-ring (bicyclic) bond motifs is 1. The summed E-state index contributed by atoms with van der Waals surface area (Å²) in [5.41, 5.74) is 5.32. The van der Waals surface area contributed by atoms with Crippen LogP contribution in [-0.4, -0.2) is 5.78 Å². The molecule has 1 aliphatic rings. The van der Waals surface area contributed by atoms with E-state index in [9.17, 15) is 4.79 Å². The van der Waals surface area contributed by atoms with Gasteiger partial charge in [-0.05, 0) is 35.2 Å². The van der Waals surface area contributed by atoms with Crippen LogP contribution in [0.1, 0.15) is 39.5 Å². The van der Waals surface area contributed by atoms with Crippen molar-refractivity contribution in [1.29, 1.82) is 0 Å². The van der Waals surface area contributed by atoms with Crippen LogP contribution in [-0.2, 0) is 19.5 Å². The third-order valence-electron chi connectivity index (χ3n) is 3.70. The number of carbonyl (C=O) groups excluding carboxylic acids is 1. The molecule has 0 amide bonds. The van der Waals surface area contributed by atoms with E-state index in [4.69, 9.17) is 0 Å². The van der Waals surface area contributed by atoms with Crippen molar-refractivity contribution < 1.29 is 4.79 Å². The van der Waals surface area contributed by atoms with E-state index < -0.39 is 0 Å². The van der Waals surface area contributed by atoms with Crippen LogP contribution in [0, 0.1) is 0 Å². The van der Waals surface area contributed by atoms with Crippen LogP contribution in [0.2, 0.25) is 0 Å². The minimum Gasteiger partial charge on any atom is -0.309 e. The smallest absolute Gasteiger partial charge is 0.193 e. The lowest BCUT2D eigenvalue weighted by atomic mass is 9.98. The molecule has 0 spiro atoms. The number of aryl methyl sites for hydroxylation is 1. The first-order chi connectivity index (χ1) is 9.28. The molecule has 0 fully saturated rings. The molecule has 3 rings (SSSR count). The van der Waals surface area contributed by atoms with E-state index in [0.717, 1.165) is 30.6 Å². The van der Waals surface area contributed by atoms with Crippen molar-refractivity contribution in [2.24, 2.45) is 0 Å². The molecule has 2 nitrogen and oxygen atoms in total. The third-order valence-corrected chi connectivity index (χ3v) is 3.70. The van der Waals surface area contributed by atoms with Gasteiger partial charge in [0.2, 0.25) is 0 Å². The molecule has 0 saturated carbocycles. The molecule has 0 saturated heterocycles. The maximum Gasteiger partial charge on any atom is 0.193 e. The molecule has 1 heterocycles. The van der Waals surface area contributed by atoms with Crippen molar-refractivity contribution in [1.82, 2.24) is 5.32 Å². The molecule has 0 aromatic heterocycles. The number of benzene rings is 2. The summed E-state index contributed by atoms with van der Waals surface area (Å²) in [5.74, 6) is 0.116. The average molecular weight is 251 g/mol. The Bertz CT molecular complexity index is 631. The normalized spacial score (nSPS) is 13.3. The summed E-state index contributed by atoms with van der Waals surface area (Å²) in [5, 5.41) is 3.30. The second-order valence-corrected chi connectivity index (χ2v) is 4.97. The highest BCUT2D eigenvalue weighted by atomic mass is 16.1. The number of carbonyl (C=O) groups is 1. The Morgan fingerprint density at radius 1 is 1.05 bits per heavy atom. The highest BCUT2D eigenvalue weighted by molar-refractivity contribution is 6.09. The maximum atomic E-state index is 12.5. The largest absolute Gasteiger partial charge is 0.309 e. The van der Waals surface area contributed by atoms with E-state index in [-0.39, 0.29) is 5.78 Å². The maximum absolute atomic E-state index is 12.5. The molecule has 0 unspecified atom stereocenters. The van der Waals surface area contributed by atoms with Crippen LogP contribution >= 0.6 is 0 Å². The van der Waals surface area contributed by atoms with Gasteiger partial charge in [0, 0.05) is 24.2 Å². The van der Waals surface area contributed by atoms with Gasteiger partial charge < -0.3 is 5.32 Å². The van der Waals surface area contributed by atoms with Crippen molar-refractivity contribution in [2.75, 3.05) is 0 Å². The molecule has 1 aliphatic heterocycles. The van der Waals surface area contributed by atoms with Crippen molar-refractivity contribution in [3.63, 3.8) is 0 Å². The van der Waals surface area contributed by atoms with Crippen LogP contribution in [0.5, 0.6) is 0 Å². The molecule has 0 radical (unpaired) electrons. The van der Waals surface area contributed by atoms with Gasteiger partial charge in [-0.3, -0.25) is 4.79 Å². The first-order valence-corrected chi connectivity index (χ1v) is 6.74. The molecule has 2 aromatic carbocycles. The number of hydrogen-bond donors (Lipinski definition) is 1. The lowest BCUT2D eigenvalue weighted by molar-refractivity contribution is 0.103. The van der Waals surface area contributed by atoms with E-state index in [0.29, 0.717) is 0 Å². The fourth-order valence-corrected chi connectivity index (χ4v) is 2.54. The van der Waals surface area contributed by atoms with Gasteiger partial charge in [-0.25, -0.2) is 0 Å². The van der Waals surface area contributed by atoms with Crippen molar-refractivity contribution >= 4 is 5.78 Å². The van der Waals surface area contributed by atoms with E-state index in [1.807, 2.05) is 30.3 Å². The van der Waals surface area contributed by atoms with E-state index in [2.05, 4.69) is 24.4 Å². The zero-order chi connectivity index (χ0) is 13.2. The van der Waals surface area contributed by atoms with E-state index in [1.165, 1.54) is 16.7 Å². The quantitative estimate of drug-likeness (QED) is 0.849. The van der Waals surface area contributed by atoms with Gasteiger partial charge >= 0.3 is 0 Å². The molecule has 19 heavy (non-hydrogen) atoms.